The molecular weight excluding hydrogens is 484 g/mol. The van der Waals surface area contributed by atoms with E-state index < -0.39 is 0 Å². The topological polar surface area (TPSA) is 83.5 Å². The lowest BCUT2D eigenvalue weighted by molar-refractivity contribution is -0.141. The molecule has 0 aromatic heterocycles. The molecule has 33 heavy (non-hydrogen) atoms. The second-order valence-electron chi connectivity index (χ2n) is 7.90. The molecule has 10 heteroatoms. The normalized spacial score (nSPS) is 24.8. The first kappa shape index (κ1) is 22.7. The molecule has 2 heterocycles. The first-order chi connectivity index (χ1) is 16.1. The number of hydrogen-bond donors (Lipinski definition) is 1. The summed E-state index contributed by atoms with van der Waals surface area (Å²) in [5, 5.41) is 10.5. The third kappa shape index (κ3) is 3.85. The van der Waals surface area contributed by atoms with Crippen molar-refractivity contribution in [1.29, 1.82) is 0 Å². The molecule has 4 atom stereocenters. The number of ether oxygens (including phenoxy) is 5. The molecule has 5 rings (SSSR count). The van der Waals surface area contributed by atoms with E-state index in [1.807, 2.05) is 12.1 Å². The Morgan fingerprint density at radius 3 is 2.33 bits per heavy atom. The van der Waals surface area contributed by atoms with Crippen LogP contribution in [0.2, 0.25) is 0 Å². The Labute approximate surface area is 203 Å². The highest BCUT2D eigenvalue weighted by Gasteiger charge is 2.53. The third-order valence-corrected chi connectivity index (χ3v) is 10.9. The van der Waals surface area contributed by atoms with Gasteiger partial charge in [-0.2, -0.15) is 0 Å². The molecule has 7 nitrogen and oxygen atoms in total. The van der Waals surface area contributed by atoms with E-state index in [0.29, 0.717) is 23.9 Å². The Morgan fingerprint density at radius 1 is 1.03 bits per heavy atom. The summed E-state index contributed by atoms with van der Waals surface area (Å²) in [5.74, 6) is 2.00. The van der Waals surface area contributed by atoms with Gasteiger partial charge in [0.2, 0.25) is 12.5 Å². The molecule has 2 aromatic carbocycles. The number of phenols is 1. The molecule has 1 N–H and O–H groups in total. The Bertz CT molecular complexity index is 1050. The van der Waals surface area contributed by atoms with Crippen molar-refractivity contribution in [3.63, 3.8) is 0 Å². The lowest BCUT2D eigenvalue weighted by Crippen LogP contribution is -2.33. The molecule has 3 aliphatic rings. The minimum absolute atomic E-state index is 0.00359. The van der Waals surface area contributed by atoms with Crippen molar-refractivity contribution in [3.05, 3.63) is 41.0 Å². The van der Waals surface area contributed by atoms with Gasteiger partial charge < -0.3 is 28.8 Å². The van der Waals surface area contributed by atoms with Crippen LogP contribution < -0.4 is 18.9 Å². The summed E-state index contributed by atoms with van der Waals surface area (Å²) in [5.41, 5.74) is 2.92. The van der Waals surface area contributed by atoms with Crippen LogP contribution >= 0.6 is 31.4 Å². The van der Waals surface area contributed by atoms with E-state index in [1.165, 1.54) is 14.2 Å². The predicted molar refractivity (Wildman–Crippen MR) is 130 cm³/mol. The third-order valence-electron chi connectivity index (χ3n) is 6.29. The Balaban J connectivity index is 1.69. The zero-order valence-corrected chi connectivity index (χ0v) is 20.8. The average Bonchev–Trinajstić information content (AvgIpc) is 3.44. The molecule has 0 bridgehead atoms. The number of hydrogen-bond acceptors (Lipinski definition) is 10. The minimum Gasteiger partial charge on any atom is -0.502 e. The van der Waals surface area contributed by atoms with Gasteiger partial charge in [0, 0.05) is 22.8 Å². The van der Waals surface area contributed by atoms with E-state index in [1.54, 1.807) is 43.5 Å². The van der Waals surface area contributed by atoms with Gasteiger partial charge in [0.15, 0.2) is 23.0 Å². The lowest BCUT2D eigenvalue weighted by atomic mass is 9.67. The molecule has 0 amide bonds. The fourth-order valence-electron chi connectivity index (χ4n) is 4.85. The van der Waals surface area contributed by atoms with Gasteiger partial charge in [0.25, 0.3) is 0 Å². The van der Waals surface area contributed by atoms with E-state index in [4.69, 9.17) is 23.7 Å². The van der Waals surface area contributed by atoms with Crippen molar-refractivity contribution in [2.75, 3.05) is 33.4 Å². The maximum Gasteiger partial charge on any atom is 0.310 e. The lowest BCUT2D eigenvalue weighted by Gasteiger charge is -2.38. The summed E-state index contributed by atoms with van der Waals surface area (Å²) in [6, 6.07) is 7.58. The summed E-state index contributed by atoms with van der Waals surface area (Å²) in [4.78, 5) is 13.1. The maximum absolute atomic E-state index is 13.1. The number of benzene rings is 2. The van der Waals surface area contributed by atoms with Crippen LogP contribution in [-0.4, -0.2) is 44.4 Å². The number of carbonyl (C=O) groups is 1. The smallest absolute Gasteiger partial charge is 0.310 e. The Morgan fingerprint density at radius 2 is 1.70 bits per heavy atom. The van der Waals surface area contributed by atoms with Gasteiger partial charge in [-0.05, 0) is 50.8 Å². The van der Waals surface area contributed by atoms with Crippen molar-refractivity contribution in [2.45, 2.75) is 18.1 Å². The molecule has 0 saturated carbocycles. The van der Waals surface area contributed by atoms with E-state index in [9.17, 15) is 9.90 Å². The van der Waals surface area contributed by atoms with Gasteiger partial charge in [0.05, 0.1) is 26.7 Å². The van der Waals surface area contributed by atoms with Crippen molar-refractivity contribution >= 4 is 37.4 Å². The van der Waals surface area contributed by atoms with Crippen LogP contribution in [0.3, 0.4) is 0 Å². The molecule has 1 saturated heterocycles. The first-order valence-electron chi connectivity index (χ1n) is 10.6. The molecular formula is C23H24O7S3. The molecule has 0 unspecified atom stereocenters. The SMILES string of the molecule is CCSSS[C@@H]1c2cc3c(cc2[C@@H](c2cc(OC)c(O)c(OC)c2)[C@H]2C(=O)OC[C@@H]21)OCO3. The second kappa shape index (κ2) is 9.31. The van der Waals surface area contributed by atoms with Crippen LogP contribution in [0.4, 0.5) is 0 Å². The Hall–Kier alpha value is -2.04. The molecule has 1 aliphatic carbocycles. The van der Waals surface area contributed by atoms with Gasteiger partial charge in [-0.15, -0.1) is 0 Å². The van der Waals surface area contributed by atoms with Crippen molar-refractivity contribution < 1.29 is 33.6 Å². The zero-order valence-electron chi connectivity index (χ0n) is 18.4. The van der Waals surface area contributed by atoms with E-state index in [0.717, 1.165) is 28.2 Å². The zero-order chi connectivity index (χ0) is 23.1. The summed E-state index contributed by atoms with van der Waals surface area (Å²) >= 11 is 0. The van der Waals surface area contributed by atoms with Crippen LogP contribution in [0.25, 0.3) is 0 Å². The standard InChI is InChI=1S/C23H24O7S3/c1-4-31-33-32-22-13-8-16-15(29-10-30-16)7-12(13)19(20-14(22)9-28-23(20)25)11-5-17(26-2)21(24)18(6-11)27-3/h5-8,14,19-20,22,24H,4,9-10H2,1-3H3/t14-,19+,20-,22+/m0/s1. The number of methoxy groups -OCH3 is 2. The van der Waals surface area contributed by atoms with Gasteiger partial charge in [-0.3, -0.25) is 4.79 Å². The Kier molecular flexibility index (Phi) is 6.41. The minimum atomic E-state index is -0.374. The number of phenolic OH excluding ortho intramolecular Hbond substituents is 1. The van der Waals surface area contributed by atoms with Crippen LogP contribution in [-0.2, 0) is 9.53 Å². The monoisotopic (exact) mass is 508 g/mol. The molecule has 0 radical (unpaired) electrons. The van der Waals surface area contributed by atoms with Crippen molar-refractivity contribution in [3.8, 4) is 28.7 Å². The average molecular weight is 509 g/mol. The number of cyclic esters (lactones) is 1. The van der Waals surface area contributed by atoms with E-state index in [2.05, 4.69) is 6.92 Å². The molecule has 176 valence electrons. The summed E-state index contributed by atoms with van der Waals surface area (Å²) in [6.45, 7) is 2.67. The number of aromatic hydroxyl groups is 1. The van der Waals surface area contributed by atoms with E-state index >= 15 is 0 Å². The summed E-state index contributed by atoms with van der Waals surface area (Å²) in [7, 11) is 8.27. The largest absolute Gasteiger partial charge is 0.502 e. The fraction of sp³-hybridized carbons (Fsp3) is 0.435. The maximum atomic E-state index is 13.1. The van der Waals surface area contributed by atoms with Gasteiger partial charge >= 0.3 is 5.97 Å². The quantitative estimate of drug-likeness (QED) is 0.307. The highest BCUT2D eigenvalue weighted by atomic mass is 33.5. The summed E-state index contributed by atoms with van der Waals surface area (Å²) in [6.07, 6.45) is 0. The summed E-state index contributed by atoms with van der Waals surface area (Å²) < 4.78 is 27.8. The number of rotatable bonds is 7. The number of esters is 1. The number of carbonyl (C=O) groups excluding carboxylic acids is 1. The van der Waals surface area contributed by atoms with Crippen molar-refractivity contribution in [1.82, 2.24) is 0 Å². The fourth-order valence-corrected chi connectivity index (χ4v) is 9.36. The molecule has 2 aliphatic heterocycles. The highest BCUT2D eigenvalue weighted by molar-refractivity contribution is 9.09. The molecule has 1 fully saturated rings. The molecule has 2 aromatic rings. The van der Waals surface area contributed by atoms with Crippen LogP contribution in [0.5, 0.6) is 28.7 Å². The van der Waals surface area contributed by atoms with Gasteiger partial charge in [0.1, 0.15) is 0 Å². The highest BCUT2D eigenvalue weighted by Crippen LogP contribution is 2.61. The van der Waals surface area contributed by atoms with Gasteiger partial charge in [-0.1, -0.05) is 28.5 Å². The van der Waals surface area contributed by atoms with Crippen molar-refractivity contribution in [2.24, 2.45) is 11.8 Å². The number of fused-ring (bicyclic) bond motifs is 3. The first-order valence-corrected chi connectivity index (χ1v) is 14.3. The van der Waals surface area contributed by atoms with Crippen LogP contribution in [0, 0.1) is 11.8 Å². The molecule has 0 spiro atoms. The van der Waals surface area contributed by atoms with Crippen LogP contribution in [0.1, 0.15) is 34.8 Å². The van der Waals surface area contributed by atoms with Crippen LogP contribution in [0.15, 0.2) is 24.3 Å². The predicted octanol–water partition coefficient (Wildman–Crippen LogP) is 5.16. The second-order valence-corrected chi connectivity index (χ2v) is 12.5. The van der Waals surface area contributed by atoms with E-state index in [-0.39, 0.29) is 41.5 Å². The van der Waals surface area contributed by atoms with Gasteiger partial charge in [-0.25, -0.2) is 0 Å².